The van der Waals surface area contributed by atoms with E-state index in [1.54, 1.807) is 11.0 Å². The van der Waals surface area contributed by atoms with Crippen LogP contribution in [0.5, 0.6) is 5.75 Å². The number of hydrogen-bond donors (Lipinski definition) is 1. The number of ether oxygens (including phenoxy) is 1. The summed E-state index contributed by atoms with van der Waals surface area (Å²) in [6.45, 7) is 5.36. The summed E-state index contributed by atoms with van der Waals surface area (Å²) in [4.78, 5) is 21.7. The maximum Gasteiger partial charge on any atom is 0.415 e. The lowest BCUT2D eigenvalue weighted by atomic mass is 10.1. The van der Waals surface area contributed by atoms with E-state index in [0.29, 0.717) is 18.0 Å². The summed E-state index contributed by atoms with van der Waals surface area (Å²) >= 11 is 4.56. The Morgan fingerprint density at radius 3 is 3.20 bits per heavy atom. The van der Waals surface area contributed by atoms with Crippen molar-refractivity contribution in [3.8, 4) is 5.75 Å². The Balaban J connectivity index is 2.13. The third-order valence-electron chi connectivity index (χ3n) is 3.12. The van der Waals surface area contributed by atoms with Crippen molar-refractivity contribution in [3.05, 3.63) is 18.5 Å². The molecule has 1 aromatic rings. The van der Waals surface area contributed by atoms with Gasteiger partial charge >= 0.3 is 6.09 Å². The summed E-state index contributed by atoms with van der Waals surface area (Å²) in [7, 11) is 0. The molecule has 1 aliphatic heterocycles. The molecule has 2 unspecified atom stereocenters. The Kier molecular flexibility index (Phi) is 4.79. The normalized spacial score (nSPS) is 22.0. The summed E-state index contributed by atoms with van der Waals surface area (Å²) in [5.74, 6) is 0.334. The molecule has 0 spiro atoms. The number of nitrogens with one attached hydrogen (secondary N) is 1. The van der Waals surface area contributed by atoms with Crippen molar-refractivity contribution < 1.29 is 9.53 Å². The van der Waals surface area contributed by atoms with Gasteiger partial charge in [-0.25, -0.2) is 4.79 Å². The molecule has 106 valence electrons. The number of hydrogen-bond acceptors (Lipinski definition) is 6. The quantitative estimate of drug-likeness (QED) is 0.667. The molecule has 0 aromatic carbocycles. The van der Waals surface area contributed by atoms with Crippen LogP contribution in [0.3, 0.4) is 0 Å². The summed E-state index contributed by atoms with van der Waals surface area (Å²) < 4.78 is 5.40. The molecule has 2 rings (SSSR count). The number of aliphatic imine (C=N–C) groups is 1. The minimum Gasteiger partial charge on any atom is -0.408 e. The first-order valence-corrected chi connectivity index (χ1v) is 6.76. The first-order valence-electron chi connectivity index (χ1n) is 6.35. The van der Waals surface area contributed by atoms with Crippen molar-refractivity contribution in [1.29, 1.82) is 0 Å². The van der Waals surface area contributed by atoms with E-state index < -0.39 is 6.09 Å². The van der Waals surface area contributed by atoms with Crippen LogP contribution in [0, 0.1) is 0 Å². The number of isothiocyanates is 1. The first kappa shape index (κ1) is 14.6. The van der Waals surface area contributed by atoms with Crippen LogP contribution < -0.4 is 10.1 Å². The Labute approximate surface area is 122 Å². The molecule has 0 bridgehead atoms. The van der Waals surface area contributed by atoms with Gasteiger partial charge in [-0.15, -0.1) is 0 Å². The van der Waals surface area contributed by atoms with Gasteiger partial charge < -0.3 is 15.0 Å². The lowest BCUT2D eigenvalue weighted by molar-refractivity contribution is 0.113. The number of nitrogens with zero attached hydrogens (tertiary/aromatic N) is 3. The second-order valence-corrected chi connectivity index (χ2v) is 4.91. The van der Waals surface area contributed by atoms with Crippen LogP contribution in [0.1, 0.15) is 13.8 Å². The van der Waals surface area contributed by atoms with Crippen LogP contribution in [-0.4, -0.2) is 46.3 Å². The number of pyridine rings is 1. The lowest BCUT2D eigenvalue weighted by Gasteiger charge is -2.36. The Morgan fingerprint density at radius 2 is 2.45 bits per heavy atom. The molecule has 6 nitrogen and oxygen atoms in total. The number of thiocarbonyl (C=S) groups is 1. The third-order valence-corrected chi connectivity index (χ3v) is 3.21. The summed E-state index contributed by atoms with van der Waals surface area (Å²) in [6.07, 6.45) is 2.62. The third kappa shape index (κ3) is 3.39. The van der Waals surface area contributed by atoms with Crippen LogP contribution in [-0.2, 0) is 0 Å². The van der Waals surface area contributed by atoms with Gasteiger partial charge in [0.1, 0.15) is 5.69 Å². The monoisotopic (exact) mass is 292 g/mol. The number of aromatic nitrogens is 1. The average Bonchev–Trinajstić information content (AvgIpc) is 2.44. The number of carbonyl (C=O) groups is 1. The number of rotatable bonds is 2. The van der Waals surface area contributed by atoms with Crippen molar-refractivity contribution in [2.24, 2.45) is 4.99 Å². The Morgan fingerprint density at radius 1 is 1.65 bits per heavy atom. The standard InChI is InChI=1S/C13H16N4O2S/c1-9-7-17(10(2)5-15-9)13(18)19-12-3-4-14-6-11(12)16-8-20/h3-4,6,9-10,15H,5,7H2,1-2H3. The zero-order valence-electron chi connectivity index (χ0n) is 11.4. The van der Waals surface area contributed by atoms with Crippen LogP contribution in [0.25, 0.3) is 0 Å². The van der Waals surface area contributed by atoms with Gasteiger partial charge in [0.15, 0.2) is 5.75 Å². The van der Waals surface area contributed by atoms with Gasteiger partial charge in [-0.1, -0.05) is 0 Å². The molecule has 1 aromatic heterocycles. The van der Waals surface area contributed by atoms with Crippen LogP contribution in [0.2, 0.25) is 0 Å². The molecule has 2 atom stereocenters. The van der Waals surface area contributed by atoms with E-state index in [1.165, 1.54) is 12.4 Å². The zero-order chi connectivity index (χ0) is 14.5. The summed E-state index contributed by atoms with van der Waals surface area (Å²) in [6, 6.07) is 1.91. The molecule has 1 amide bonds. The highest BCUT2D eigenvalue weighted by molar-refractivity contribution is 7.78. The fraction of sp³-hybridized carbons (Fsp3) is 0.462. The molecule has 1 saturated heterocycles. The minimum atomic E-state index is -0.391. The maximum absolute atomic E-state index is 12.2. The van der Waals surface area contributed by atoms with E-state index in [9.17, 15) is 4.79 Å². The van der Waals surface area contributed by atoms with Crippen LogP contribution in [0.15, 0.2) is 23.5 Å². The maximum atomic E-state index is 12.2. The van der Waals surface area contributed by atoms with Crippen molar-refractivity contribution in [1.82, 2.24) is 15.2 Å². The van der Waals surface area contributed by atoms with E-state index in [4.69, 9.17) is 4.74 Å². The van der Waals surface area contributed by atoms with Gasteiger partial charge in [-0.3, -0.25) is 4.98 Å². The molecular weight excluding hydrogens is 276 g/mol. The van der Waals surface area contributed by atoms with Gasteiger partial charge in [0.05, 0.1) is 11.4 Å². The molecular formula is C13H16N4O2S. The molecule has 0 radical (unpaired) electrons. The van der Waals surface area contributed by atoms with Gasteiger partial charge in [-0.05, 0) is 26.1 Å². The van der Waals surface area contributed by atoms with Crippen molar-refractivity contribution >= 4 is 29.2 Å². The molecule has 2 heterocycles. The fourth-order valence-electron chi connectivity index (χ4n) is 2.02. The Hall–Kier alpha value is -1.82. The first-order chi connectivity index (χ1) is 9.61. The largest absolute Gasteiger partial charge is 0.415 e. The molecule has 7 heteroatoms. The van der Waals surface area contributed by atoms with Gasteiger partial charge in [0.2, 0.25) is 0 Å². The minimum absolute atomic E-state index is 0.0815. The van der Waals surface area contributed by atoms with Crippen molar-refractivity contribution in [3.63, 3.8) is 0 Å². The predicted octanol–water partition coefficient (Wildman–Crippen LogP) is 2.00. The van der Waals surface area contributed by atoms with Crippen LogP contribution >= 0.6 is 12.2 Å². The van der Waals surface area contributed by atoms with E-state index in [1.807, 2.05) is 13.8 Å². The summed E-state index contributed by atoms with van der Waals surface area (Å²) in [5.41, 5.74) is 0.395. The van der Waals surface area contributed by atoms with Gasteiger partial charge in [0.25, 0.3) is 0 Å². The molecule has 1 N–H and O–H groups in total. The summed E-state index contributed by atoms with van der Waals surface area (Å²) in [5, 5.41) is 5.56. The van der Waals surface area contributed by atoms with Crippen molar-refractivity contribution in [2.45, 2.75) is 25.9 Å². The van der Waals surface area contributed by atoms with Crippen molar-refractivity contribution in [2.75, 3.05) is 13.1 Å². The van der Waals surface area contributed by atoms with Crippen LogP contribution in [0.4, 0.5) is 10.5 Å². The van der Waals surface area contributed by atoms with Gasteiger partial charge in [0, 0.05) is 37.4 Å². The van der Waals surface area contributed by atoms with E-state index in [0.717, 1.165) is 6.54 Å². The molecule has 0 aliphatic carbocycles. The van der Waals surface area contributed by atoms with Gasteiger partial charge in [-0.2, -0.15) is 4.99 Å². The highest BCUT2D eigenvalue weighted by Crippen LogP contribution is 2.26. The SMILES string of the molecule is CC1CN(C(=O)Oc2ccncc2N=C=S)C(C)CN1. The second kappa shape index (κ2) is 6.56. The molecule has 1 fully saturated rings. The molecule has 20 heavy (non-hydrogen) atoms. The zero-order valence-corrected chi connectivity index (χ0v) is 12.2. The number of piperazine rings is 1. The highest BCUT2D eigenvalue weighted by Gasteiger charge is 2.28. The Bertz CT molecular complexity index is 545. The smallest absolute Gasteiger partial charge is 0.408 e. The molecule has 1 aliphatic rings. The lowest BCUT2D eigenvalue weighted by Crippen LogP contribution is -2.56. The second-order valence-electron chi connectivity index (χ2n) is 4.73. The number of carbonyl (C=O) groups excluding carboxylic acids is 1. The number of amides is 1. The van der Waals surface area contributed by atoms with E-state index >= 15 is 0 Å². The average molecular weight is 292 g/mol. The predicted molar refractivity (Wildman–Crippen MR) is 78.6 cm³/mol. The topological polar surface area (TPSA) is 66.8 Å². The van der Waals surface area contributed by atoms with E-state index in [-0.39, 0.29) is 12.1 Å². The highest BCUT2D eigenvalue weighted by atomic mass is 32.1. The van der Waals surface area contributed by atoms with E-state index in [2.05, 4.69) is 32.7 Å². The fourth-order valence-corrected chi connectivity index (χ4v) is 2.12. The molecule has 0 saturated carbocycles.